The van der Waals surface area contributed by atoms with Gasteiger partial charge in [0.2, 0.25) is 0 Å². The van der Waals surface area contributed by atoms with Crippen LogP contribution in [0.15, 0.2) is 53.8 Å². The topological polar surface area (TPSA) is 45.0 Å². The van der Waals surface area contributed by atoms with Gasteiger partial charge in [0.15, 0.2) is 11.5 Å². The summed E-state index contributed by atoms with van der Waals surface area (Å²) in [7, 11) is 0. The average Bonchev–Trinajstić information content (AvgIpc) is 3.30. The van der Waals surface area contributed by atoms with Crippen LogP contribution >= 0.6 is 0 Å². The molecule has 5 heteroatoms. The van der Waals surface area contributed by atoms with E-state index in [9.17, 15) is 0 Å². The van der Waals surface area contributed by atoms with Gasteiger partial charge < -0.3 is 18.9 Å². The molecule has 2 aliphatic rings. The molecule has 0 amide bonds. The van der Waals surface area contributed by atoms with Gasteiger partial charge in [0, 0.05) is 29.2 Å². The van der Waals surface area contributed by atoms with E-state index in [4.69, 9.17) is 14.3 Å². The van der Waals surface area contributed by atoms with Crippen LogP contribution in [0.4, 0.5) is 0 Å². The summed E-state index contributed by atoms with van der Waals surface area (Å²) in [5.74, 6) is 1.77. The maximum atomic E-state index is 6.25. The van der Waals surface area contributed by atoms with E-state index >= 15 is 0 Å². The smallest absolute Gasteiger partial charge is 0.165 e. The highest BCUT2D eigenvalue weighted by molar-refractivity contribution is 6.01. The Balaban J connectivity index is 1.77. The van der Waals surface area contributed by atoms with Gasteiger partial charge in [-0.25, -0.2) is 0 Å². The first-order valence-electron chi connectivity index (χ1n) is 9.97. The molecule has 3 heterocycles. The molecule has 0 unspecified atom stereocenters. The second-order valence-electron chi connectivity index (χ2n) is 7.25. The van der Waals surface area contributed by atoms with Gasteiger partial charge in [-0.1, -0.05) is 35.5 Å². The zero-order valence-electron chi connectivity index (χ0n) is 16.2. The first kappa shape index (κ1) is 17.2. The molecule has 144 valence electrons. The summed E-state index contributed by atoms with van der Waals surface area (Å²) in [4.78, 5) is 5.51. The number of hydrogen-bond acceptors (Lipinski definition) is 4. The lowest BCUT2D eigenvalue weighted by Gasteiger charge is -2.19. The van der Waals surface area contributed by atoms with Crippen molar-refractivity contribution in [3.05, 3.63) is 59.8 Å². The largest absolute Gasteiger partial charge is 0.490 e. The molecule has 0 saturated heterocycles. The predicted molar refractivity (Wildman–Crippen MR) is 109 cm³/mol. The van der Waals surface area contributed by atoms with E-state index in [-0.39, 0.29) is 11.8 Å². The Kier molecular flexibility index (Phi) is 4.23. The van der Waals surface area contributed by atoms with Gasteiger partial charge in [-0.15, -0.1) is 0 Å². The van der Waals surface area contributed by atoms with Crippen molar-refractivity contribution in [3.63, 3.8) is 0 Å². The number of aromatic nitrogens is 1. The van der Waals surface area contributed by atoms with Gasteiger partial charge in [0.05, 0.1) is 24.2 Å². The van der Waals surface area contributed by atoms with E-state index in [1.165, 1.54) is 16.5 Å². The van der Waals surface area contributed by atoms with Crippen LogP contribution in [-0.4, -0.2) is 30.1 Å². The van der Waals surface area contributed by atoms with Crippen LogP contribution in [0.5, 0.6) is 11.5 Å². The Hall–Kier alpha value is -2.95. The quantitative estimate of drug-likeness (QED) is 0.669. The maximum Gasteiger partial charge on any atom is 0.165 e. The fourth-order valence-corrected chi connectivity index (χ4v) is 4.40. The first-order chi connectivity index (χ1) is 13.8. The van der Waals surface area contributed by atoms with Crippen molar-refractivity contribution in [2.75, 3.05) is 19.8 Å². The standard InChI is InChI=1S/C23H24N2O3/c1-3-25-12-18(16-8-5-6-10-19(16)25)21-17-9-7-11-20(26-4-2)23(17)27-13-15-14-28-24-22(15)21/h5-12,15,21H,3-4,13-14H2,1-2H3/t15-,21-/m0/s1. The molecule has 5 nitrogen and oxygen atoms in total. The van der Waals surface area contributed by atoms with Crippen LogP contribution in [0.3, 0.4) is 0 Å². The van der Waals surface area contributed by atoms with E-state index in [1.54, 1.807) is 0 Å². The fraction of sp³-hybridized carbons (Fsp3) is 0.348. The molecule has 0 N–H and O–H groups in total. The number of para-hydroxylation sites is 2. The minimum atomic E-state index is -0.0110. The van der Waals surface area contributed by atoms with Gasteiger partial charge in [0.1, 0.15) is 13.2 Å². The van der Waals surface area contributed by atoms with Crippen LogP contribution in [0.2, 0.25) is 0 Å². The van der Waals surface area contributed by atoms with Crippen LogP contribution in [0, 0.1) is 5.92 Å². The van der Waals surface area contributed by atoms with Crippen molar-refractivity contribution in [2.45, 2.75) is 26.3 Å². The van der Waals surface area contributed by atoms with E-state index in [2.05, 4.69) is 53.2 Å². The molecular formula is C23H24N2O3. The number of hydrogen-bond donors (Lipinski definition) is 0. The van der Waals surface area contributed by atoms with Gasteiger partial charge in [0.25, 0.3) is 0 Å². The molecule has 5 rings (SSSR count). The highest BCUT2D eigenvalue weighted by atomic mass is 16.6. The van der Waals surface area contributed by atoms with Crippen LogP contribution in [0.1, 0.15) is 30.9 Å². The highest BCUT2D eigenvalue weighted by Crippen LogP contribution is 2.45. The van der Waals surface area contributed by atoms with Gasteiger partial charge in [-0.2, -0.15) is 0 Å². The summed E-state index contributed by atoms with van der Waals surface area (Å²) >= 11 is 0. The minimum absolute atomic E-state index is 0.0110. The van der Waals surface area contributed by atoms with Crippen LogP contribution in [-0.2, 0) is 11.4 Å². The number of benzene rings is 2. The third-order valence-corrected chi connectivity index (χ3v) is 5.68. The van der Waals surface area contributed by atoms with E-state index < -0.39 is 0 Å². The van der Waals surface area contributed by atoms with Gasteiger partial charge in [-0.3, -0.25) is 0 Å². The molecule has 0 radical (unpaired) electrons. The Morgan fingerprint density at radius 1 is 1.07 bits per heavy atom. The van der Waals surface area contributed by atoms with Crippen molar-refractivity contribution >= 4 is 16.6 Å². The summed E-state index contributed by atoms with van der Waals surface area (Å²) in [6.45, 7) is 6.81. The Morgan fingerprint density at radius 3 is 2.82 bits per heavy atom. The minimum Gasteiger partial charge on any atom is -0.490 e. The summed E-state index contributed by atoms with van der Waals surface area (Å²) in [6, 6.07) is 14.7. The number of fused-ring (bicyclic) bond motifs is 3. The molecule has 28 heavy (non-hydrogen) atoms. The molecule has 3 aromatic rings. The lowest BCUT2D eigenvalue weighted by Crippen LogP contribution is -2.23. The molecule has 0 spiro atoms. The van der Waals surface area contributed by atoms with E-state index in [0.717, 1.165) is 29.3 Å². The van der Waals surface area contributed by atoms with E-state index in [0.29, 0.717) is 19.8 Å². The van der Waals surface area contributed by atoms with Crippen LogP contribution in [0.25, 0.3) is 10.9 Å². The normalized spacial score (nSPS) is 20.6. The molecule has 0 bridgehead atoms. The molecule has 1 aromatic heterocycles. The van der Waals surface area contributed by atoms with Crippen LogP contribution < -0.4 is 9.47 Å². The lowest BCUT2D eigenvalue weighted by atomic mass is 9.82. The lowest BCUT2D eigenvalue weighted by molar-refractivity contribution is 0.136. The maximum absolute atomic E-state index is 6.25. The molecule has 2 aliphatic heterocycles. The number of rotatable bonds is 4. The Labute approximate surface area is 164 Å². The number of nitrogens with zero attached hydrogens (tertiary/aromatic N) is 2. The number of oxime groups is 1. The monoisotopic (exact) mass is 376 g/mol. The second-order valence-corrected chi connectivity index (χ2v) is 7.25. The Bertz CT molecular complexity index is 1050. The number of aryl methyl sites for hydroxylation is 1. The highest BCUT2D eigenvalue weighted by Gasteiger charge is 2.39. The van der Waals surface area contributed by atoms with E-state index in [1.807, 2.05) is 19.1 Å². The Morgan fingerprint density at radius 2 is 1.96 bits per heavy atom. The summed E-state index contributed by atoms with van der Waals surface area (Å²) in [6.07, 6.45) is 2.26. The SMILES string of the molecule is CCOc1cccc2c1OC[C@H]1CON=C1[C@@H]2c1cn(CC)c2ccccc12. The molecular weight excluding hydrogens is 352 g/mol. The average molecular weight is 376 g/mol. The summed E-state index contributed by atoms with van der Waals surface area (Å²) in [5, 5.41) is 5.73. The van der Waals surface area contributed by atoms with Gasteiger partial charge >= 0.3 is 0 Å². The summed E-state index contributed by atoms with van der Waals surface area (Å²) < 4.78 is 14.4. The zero-order valence-corrected chi connectivity index (χ0v) is 16.2. The predicted octanol–water partition coefficient (Wildman–Crippen LogP) is 4.59. The fourth-order valence-electron chi connectivity index (χ4n) is 4.40. The van der Waals surface area contributed by atoms with Crippen molar-refractivity contribution in [1.82, 2.24) is 4.57 Å². The first-order valence-corrected chi connectivity index (χ1v) is 9.97. The molecule has 0 fully saturated rings. The zero-order chi connectivity index (χ0) is 19.1. The second kappa shape index (κ2) is 6.89. The van der Waals surface area contributed by atoms with Crippen molar-refractivity contribution in [2.24, 2.45) is 11.1 Å². The van der Waals surface area contributed by atoms with Crippen molar-refractivity contribution in [3.8, 4) is 11.5 Å². The molecule has 2 atom stereocenters. The van der Waals surface area contributed by atoms with Gasteiger partial charge in [-0.05, 0) is 31.5 Å². The van der Waals surface area contributed by atoms with Crippen molar-refractivity contribution in [1.29, 1.82) is 0 Å². The molecule has 0 aliphatic carbocycles. The third kappa shape index (κ3) is 2.57. The number of ether oxygens (including phenoxy) is 2. The van der Waals surface area contributed by atoms with Crippen molar-refractivity contribution < 1.29 is 14.3 Å². The third-order valence-electron chi connectivity index (χ3n) is 5.68. The summed E-state index contributed by atoms with van der Waals surface area (Å²) in [5.41, 5.74) is 4.62. The molecule has 2 aromatic carbocycles. The molecule has 0 saturated carbocycles.